The number of carbonyl (C=O) groups excluding carboxylic acids is 3. The first-order valence-corrected chi connectivity index (χ1v) is 10.6. The zero-order chi connectivity index (χ0) is 24.0. The van der Waals surface area contributed by atoms with Gasteiger partial charge in [0.15, 0.2) is 0 Å². The molecule has 1 aromatic heterocycles. The number of ether oxygens (including phenoxy) is 2. The molecule has 10 heteroatoms. The highest BCUT2D eigenvalue weighted by Gasteiger charge is 2.28. The van der Waals surface area contributed by atoms with E-state index in [0.717, 1.165) is 11.3 Å². The van der Waals surface area contributed by atoms with Gasteiger partial charge in [-0.05, 0) is 64.0 Å². The molecule has 0 aliphatic rings. The highest BCUT2D eigenvalue weighted by Crippen LogP contribution is 2.34. The summed E-state index contributed by atoms with van der Waals surface area (Å²) in [5.41, 5.74) is 0.973. The Morgan fingerprint density at radius 1 is 1.03 bits per heavy atom. The van der Waals surface area contributed by atoms with Crippen LogP contribution in [0.4, 0.5) is 10.7 Å². The predicted octanol–water partition coefficient (Wildman–Crippen LogP) is 4.75. The third kappa shape index (κ3) is 6.48. The van der Waals surface area contributed by atoms with E-state index in [4.69, 9.17) is 9.47 Å². The van der Waals surface area contributed by atoms with Crippen LogP contribution in [0.1, 0.15) is 58.9 Å². The molecular weight excluding hydrogens is 436 g/mol. The van der Waals surface area contributed by atoms with Crippen LogP contribution in [-0.2, 0) is 14.3 Å². The summed E-state index contributed by atoms with van der Waals surface area (Å²) >= 11 is 0.931. The van der Waals surface area contributed by atoms with Crippen molar-refractivity contribution in [2.75, 3.05) is 5.32 Å². The van der Waals surface area contributed by atoms with E-state index in [-0.39, 0.29) is 27.2 Å². The Morgan fingerprint density at radius 2 is 1.59 bits per heavy atom. The van der Waals surface area contributed by atoms with Crippen molar-refractivity contribution in [3.05, 3.63) is 62.0 Å². The van der Waals surface area contributed by atoms with Crippen LogP contribution in [0.25, 0.3) is 6.08 Å². The lowest BCUT2D eigenvalue weighted by molar-refractivity contribution is -0.384. The molecule has 0 radical (unpaired) electrons. The van der Waals surface area contributed by atoms with Gasteiger partial charge in [0.05, 0.1) is 22.7 Å². The van der Waals surface area contributed by atoms with E-state index < -0.39 is 28.9 Å². The number of nitrogens with one attached hydrogen (secondary N) is 1. The molecule has 1 N–H and O–H groups in total. The third-order valence-electron chi connectivity index (χ3n) is 3.99. The average Bonchev–Trinajstić information content (AvgIpc) is 3.01. The Bertz CT molecular complexity index is 1050. The Labute approximate surface area is 189 Å². The smallest absolute Gasteiger partial charge is 0.348 e. The summed E-state index contributed by atoms with van der Waals surface area (Å²) in [6, 6.07) is 5.66. The molecule has 170 valence electrons. The molecule has 0 aliphatic carbocycles. The van der Waals surface area contributed by atoms with E-state index in [1.807, 2.05) is 0 Å². The van der Waals surface area contributed by atoms with Crippen molar-refractivity contribution in [3.63, 3.8) is 0 Å². The van der Waals surface area contributed by atoms with E-state index in [9.17, 15) is 24.5 Å². The molecule has 9 nitrogen and oxygen atoms in total. The fourth-order valence-corrected chi connectivity index (χ4v) is 3.70. The van der Waals surface area contributed by atoms with Gasteiger partial charge in [-0.15, -0.1) is 11.3 Å². The minimum atomic E-state index is -0.660. The second-order valence-corrected chi connectivity index (χ2v) is 8.36. The summed E-state index contributed by atoms with van der Waals surface area (Å²) in [5.74, 6) is -1.80. The maximum absolute atomic E-state index is 12.6. The van der Waals surface area contributed by atoms with Crippen molar-refractivity contribution in [2.24, 2.45) is 0 Å². The number of amides is 1. The molecule has 1 heterocycles. The van der Waals surface area contributed by atoms with Crippen LogP contribution in [0.5, 0.6) is 0 Å². The van der Waals surface area contributed by atoms with Gasteiger partial charge in [-0.2, -0.15) is 0 Å². The lowest BCUT2D eigenvalue weighted by Crippen LogP contribution is -2.16. The molecule has 2 aromatic rings. The van der Waals surface area contributed by atoms with Crippen molar-refractivity contribution < 1.29 is 28.8 Å². The van der Waals surface area contributed by atoms with Gasteiger partial charge in [0.2, 0.25) is 5.91 Å². The highest BCUT2D eigenvalue weighted by molar-refractivity contribution is 7.18. The van der Waals surface area contributed by atoms with Gasteiger partial charge in [0.25, 0.3) is 5.69 Å². The summed E-state index contributed by atoms with van der Waals surface area (Å²) in [6.07, 6.45) is 1.95. The van der Waals surface area contributed by atoms with Gasteiger partial charge < -0.3 is 14.8 Å². The number of esters is 2. The van der Waals surface area contributed by atoms with Gasteiger partial charge in [0, 0.05) is 18.2 Å². The first-order valence-electron chi connectivity index (χ1n) is 9.78. The van der Waals surface area contributed by atoms with Crippen LogP contribution < -0.4 is 5.32 Å². The zero-order valence-electron chi connectivity index (χ0n) is 18.3. The number of hydrogen-bond donors (Lipinski definition) is 1. The van der Waals surface area contributed by atoms with Crippen molar-refractivity contribution in [1.29, 1.82) is 0 Å². The Morgan fingerprint density at radius 3 is 2.12 bits per heavy atom. The topological polar surface area (TPSA) is 125 Å². The van der Waals surface area contributed by atoms with E-state index in [1.54, 1.807) is 34.6 Å². The molecule has 0 fully saturated rings. The third-order valence-corrected chi connectivity index (χ3v) is 5.18. The summed E-state index contributed by atoms with van der Waals surface area (Å²) < 4.78 is 10.5. The van der Waals surface area contributed by atoms with E-state index in [0.29, 0.717) is 11.1 Å². The summed E-state index contributed by atoms with van der Waals surface area (Å²) in [7, 11) is 0. The predicted molar refractivity (Wildman–Crippen MR) is 121 cm³/mol. The molecule has 0 saturated heterocycles. The molecule has 0 aliphatic heterocycles. The molecular formula is C22H24N2O7S. The lowest BCUT2D eigenvalue weighted by atomic mass is 10.1. The number of nitro benzene ring substituents is 1. The molecule has 0 atom stereocenters. The van der Waals surface area contributed by atoms with E-state index in [1.165, 1.54) is 36.4 Å². The second-order valence-electron chi connectivity index (χ2n) is 7.34. The van der Waals surface area contributed by atoms with Crippen molar-refractivity contribution in [3.8, 4) is 0 Å². The van der Waals surface area contributed by atoms with Crippen LogP contribution >= 0.6 is 11.3 Å². The largest absolute Gasteiger partial charge is 0.459 e. The normalized spacial score (nSPS) is 11.1. The minimum Gasteiger partial charge on any atom is -0.459 e. The highest BCUT2D eigenvalue weighted by atomic mass is 32.1. The van der Waals surface area contributed by atoms with Gasteiger partial charge in [0.1, 0.15) is 9.88 Å². The number of anilines is 1. The van der Waals surface area contributed by atoms with Crippen LogP contribution in [0, 0.1) is 17.0 Å². The first-order chi connectivity index (χ1) is 15.0. The number of non-ortho nitro benzene ring substituents is 1. The summed E-state index contributed by atoms with van der Waals surface area (Å²) in [5, 5.41) is 13.5. The van der Waals surface area contributed by atoms with Crippen LogP contribution in [0.2, 0.25) is 0 Å². The van der Waals surface area contributed by atoms with Crippen LogP contribution in [0.15, 0.2) is 30.3 Å². The van der Waals surface area contributed by atoms with Gasteiger partial charge in [-0.25, -0.2) is 9.59 Å². The SMILES string of the molecule is Cc1c(C(=O)OC(C)C)sc(NC(=O)/C=C/c2ccc([N+](=O)[O-])cc2)c1C(=O)OC(C)C. The average molecular weight is 461 g/mol. The zero-order valence-corrected chi connectivity index (χ0v) is 19.1. The number of nitrogens with zero attached hydrogens (tertiary/aromatic N) is 1. The Kier molecular flexibility index (Phi) is 8.25. The molecule has 2 rings (SSSR count). The molecule has 32 heavy (non-hydrogen) atoms. The first kappa shape index (κ1) is 24.7. The van der Waals surface area contributed by atoms with Crippen LogP contribution in [0.3, 0.4) is 0 Å². The number of nitro groups is 1. The molecule has 0 saturated carbocycles. The monoisotopic (exact) mass is 460 g/mol. The molecule has 1 amide bonds. The van der Waals surface area contributed by atoms with Crippen molar-refractivity contribution in [1.82, 2.24) is 0 Å². The van der Waals surface area contributed by atoms with Crippen molar-refractivity contribution in [2.45, 2.75) is 46.8 Å². The fourth-order valence-electron chi connectivity index (χ4n) is 2.62. The fraction of sp³-hybridized carbons (Fsp3) is 0.318. The number of hydrogen-bond acceptors (Lipinski definition) is 8. The quantitative estimate of drug-likeness (QED) is 0.261. The lowest BCUT2D eigenvalue weighted by Gasteiger charge is -2.10. The molecule has 0 spiro atoms. The van der Waals surface area contributed by atoms with Crippen molar-refractivity contribution >= 4 is 45.9 Å². The number of carbonyl (C=O) groups is 3. The Hall–Kier alpha value is -3.53. The van der Waals surface area contributed by atoms with Crippen LogP contribution in [-0.4, -0.2) is 35.0 Å². The summed E-state index contributed by atoms with van der Waals surface area (Å²) in [4.78, 5) is 47.9. The minimum absolute atomic E-state index is 0.0604. The standard InChI is InChI=1S/C22H24N2O7S/c1-12(2)30-21(26)18-14(5)19(22(27)31-13(3)4)32-20(18)23-17(25)11-8-15-6-9-16(10-7-15)24(28)29/h6-13H,1-5H3,(H,23,25)/b11-8+. The molecule has 1 aromatic carbocycles. The van der Waals surface area contributed by atoms with E-state index >= 15 is 0 Å². The molecule has 0 unspecified atom stereocenters. The number of thiophene rings is 1. The maximum Gasteiger partial charge on any atom is 0.348 e. The molecule has 0 bridgehead atoms. The van der Waals surface area contributed by atoms with Gasteiger partial charge >= 0.3 is 11.9 Å². The number of rotatable bonds is 8. The summed E-state index contributed by atoms with van der Waals surface area (Å²) in [6.45, 7) is 8.39. The maximum atomic E-state index is 12.6. The second kappa shape index (κ2) is 10.7. The van der Waals surface area contributed by atoms with E-state index in [2.05, 4.69) is 5.32 Å². The number of benzene rings is 1. The van der Waals surface area contributed by atoms with Gasteiger partial charge in [-0.3, -0.25) is 14.9 Å². The Balaban J connectivity index is 2.29. The van der Waals surface area contributed by atoms with Gasteiger partial charge in [-0.1, -0.05) is 0 Å².